The number of rotatable bonds is 4. The predicted octanol–water partition coefficient (Wildman–Crippen LogP) is 1.49. The molecule has 1 aromatic rings. The largest absolute Gasteiger partial charge is 0.399 e. The fourth-order valence-electron chi connectivity index (χ4n) is 2.28. The van der Waals surface area contributed by atoms with E-state index in [0.29, 0.717) is 12.1 Å². The quantitative estimate of drug-likeness (QED) is 0.794. The van der Waals surface area contributed by atoms with Crippen LogP contribution in [-0.4, -0.2) is 24.7 Å². The maximum Gasteiger partial charge on any atom is 0.224 e. The Balaban J connectivity index is 1.84. The van der Waals surface area contributed by atoms with Crippen molar-refractivity contribution in [3.63, 3.8) is 0 Å². The number of hydrogen-bond donors (Lipinski definition) is 2. The van der Waals surface area contributed by atoms with Crippen molar-refractivity contribution in [3.8, 4) is 0 Å². The van der Waals surface area contributed by atoms with Crippen LogP contribution in [0, 0.1) is 0 Å². The van der Waals surface area contributed by atoms with E-state index < -0.39 is 0 Å². The third-order valence-corrected chi connectivity index (χ3v) is 3.23. The second kappa shape index (κ2) is 5.87. The Morgan fingerprint density at radius 3 is 3.11 bits per heavy atom. The number of carbonyl (C=O) groups is 1. The topological polar surface area (TPSA) is 64.4 Å². The van der Waals surface area contributed by atoms with Crippen LogP contribution in [0.15, 0.2) is 24.3 Å². The lowest BCUT2D eigenvalue weighted by Crippen LogP contribution is -2.41. The Bertz CT molecular complexity index is 414. The Morgan fingerprint density at radius 2 is 2.44 bits per heavy atom. The highest BCUT2D eigenvalue weighted by Gasteiger charge is 2.23. The van der Waals surface area contributed by atoms with E-state index in [-0.39, 0.29) is 18.1 Å². The first kappa shape index (κ1) is 12.9. The summed E-state index contributed by atoms with van der Waals surface area (Å²) in [6.07, 6.45) is 2.64. The minimum Gasteiger partial charge on any atom is -0.399 e. The first-order valence-electron chi connectivity index (χ1n) is 6.40. The summed E-state index contributed by atoms with van der Waals surface area (Å²) in [5.41, 5.74) is 7.31. The molecule has 0 aliphatic carbocycles. The van der Waals surface area contributed by atoms with Crippen molar-refractivity contribution in [1.82, 2.24) is 5.32 Å². The number of ether oxygens (including phenoxy) is 1. The van der Waals surface area contributed by atoms with E-state index in [1.807, 2.05) is 31.2 Å². The molecule has 1 fully saturated rings. The van der Waals surface area contributed by atoms with Crippen LogP contribution in [-0.2, 0) is 16.0 Å². The minimum atomic E-state index is 0.0172. The molecule has 0 bridgehead atoms. The zero-order chi connectivity index (χ0) is 13.0. The molecule has 1 aliphatic heterocycles. The maximum absolute atomic E-state index is 11.9. The maximum atomic E-state index is 11.9. The van der Waals surface area contributed by atoms with Gasteiger partial charge in [-0.2, -0.15) is 0 Å². The van der Waals surface area contributed by atoms with Crippen LogP contribution in [0.25, 0.3) is 0 Å². The van der Waals surface area contributed by atoms with E-state index in [1.54, 1.807) is 0 Å². The van der Waals surface area contributed by atoms with Gasteiger partial charge in [-0.25, -0.2) is 0 Å². The molecule has 0 spiro atoms. The summed E-state index contributed by atoms with van der Waals surface area (Å²) < 4.78 is 5.55. The average molecular weight is 248 g/mol. The van der Waals surface area contributed by atoms with Crippen LogP contribution in [0.5, 0.6) is 0 Å². The van der Waals surface area contributed by atoms with Gasteiger partial charge in [-0.1, -0.05) is 12.1 Å². The van der Waals surface area contributed by atoms with Crippen molar-refractivity contribution >= 4 is 11.6 Å². The lowest BCUT2D eigenvalue weighted by Gasteiger charge is -2.20. The number of nitrogens with one attached hydrogen (secondary N) is 1. The van der Waals surface area contributed by atoms with Crippen LogP contribution in [0.4, 0.5) is 5.69 Å². The van der Waals surface area contributed by atoms with Gasteiger partial charge < -0.3 is 15.8 Å². The summed E-state index contributed by atoms with van der Waals surface area (Å²) in [5.74, 6) is 0.0172. The molecule has 1 saturated heterocycles. The lowest BCUT2D eigenvalue weighted by atomic mass is 10.1. The van der Waals surface area contributed by atoms with E-state index in [0.717, 1.165) is 25.0 Å². The number of anilines is 1. The van der Waals surface area contributed by atoms with Gasteiger partial charge in [0.05, 0.1) is 18.6 Å². The molecule has 1 aliphatic rings. The molecule has 0 radical (unpaired) electrons. The van der Waals surface area contributed by atoms with Gasteiger partial charge in [0.1, 0.15) is 0 Å². The Hall–Kier alpha value is -1.55. The average Bonchev–Trinajstić information content (AvgIpc) is 2.81. The Kier molecular flexibility index (Phi) is 4.20. The molecule has 18 heavy (non-hydrogen) atoms. The summed E-state index contributed by atoms with van der Waals surface area (Å²) in [6.45, 7) is 2.80. The van der Waals surface area contributed by atoms with E-state index >= 15 is 0 Å². The third kappa shape index (κ3) is 3.47. The smallest absolute Gasteiger partial charge is 0.224 e. The van der Waals surface area contributed by atoms with Crippen LogP contribution in [0.3, 0.4) is 0 Å². The fourth-order valence-corrected chi connectivity index (χ4v) is 2.28. The number of amides is 1. The van der Waals surface area contributed by atoms with Crippen molar-refractivity contribution in [2.24, 2.45) is 0 Å². The molecule has 98 valence electrons. The van der Waals surface area contributed by atoms with Gasteiger partial charge in [0.15, 0.2) is 0 Å². The number of carbonyl (C=O) groups excluding carboxylic acids is 1. The van der Waals surface area contributed by atoms with Crippen LogP contribution >= 0.6 is 0 Å². The van der Waals surface area contributed by atoms with Gasteiger partial charge in [0.25, 0.3) is 0 Å². The predicted molar refractivity (Wildman–Crippen MR) is 71.1 cm³/mol. The standard InChI is InChI=1S/C14H20N2O2/c1-10(13-6-3-7-18-13)16-14(17)9-11-4-2-5-12(15)8-11/h2,4-5,8,10,13H,3,6-7,9,15H2,1H3,(H,16,17). The van der Waals surface area contributed by atoms with Gasteiger partial charge >= 0.3 is 0 Å². The summed E-state index contributed by atoms with van der Waals surface area (Å²) in [7, 11) is 0. The molecule has 1 amide bonds. The first-order valence-corrected chi connectivity index (χ1v) is 6.40. The van der Waals surface area contributed by atoms with Gasteiger partial charge in [-0.3, -0.25) is 4.79 Å². The monoisotopic (exact) mass is 248 g/mol. The van der Waals surface area contributed by atoms with Crippen molar-refractivity contribution in [1.29, 1.82) is 0 Å². The molecule has 2 rings (SSSR count). The molecule has 2 unspecified atom stereocenters. The summed E-state index contributed by atoms with van der Waals surface area (Å²) >= 11 is 0. The van der Waals surface area contributed by atoms with Crippen molar-refractivity contribution in [2.45, 2.75) is 38.3 Å². The third-order valence-electron chi connectivity index (χ3n) is 3.23. The SMILES string of the molecule is CC(NC(=O)Cc1cccc(N)c1)C1CCCO1. The second-order valence-corrected chi connectivity index (χ2v) is 4.83. The normalized spacial score (nSPS) is 20.6. The summed E-state index contributed by atoms with van der Waals surface area (Å²) in [4.78, 5) is 11.9. The first-order chi connectivity index (χ1) is 8.65. The molecule has 0 saturated carbocycles. The molecule has 3 N–H and O–H groups in total. The van der Waals surface area contributed by atoms with E-state index in [1.165, 1.54) is 0 Å². The highest BCUT2D eigenvalue weighted by molar-refractivity contribution is 5.79. The van der Waals surface area contributed by atoms with Crippen molar-refractivity contribution < 1.29 is 9.53 Å². The molecule has 2 atom stereocenters. The molecule has 0 aromatic heterocycles. The fraction of sp³-hybridized carbons (Fsp3) is 0.500. The zero-order valence-corrected chi connectivity index (χ0v) is 10.7. The van der Waals surface area contributed by atoms with E-state index in [9.17, 15) is 4.79 Å². The molecule has 1 aromatic carbocycles. The summed E-state index contributed by atoms with van der Waals surface area (Å²) in [5, 5.41) is 2.99. The van der Waals surface area contributed by atoms with E-state index in [2.05, 4.69) is 5.32 Å². The zero-order valence-electron chi connectivity index (χ0n) is 10.7. The van der Waals surface area contributed by atoms with Crippen LogP contribution < -0.4 is 11.1 Å². The van der Waals surface area contributed by atoms with E-state index in [4.69, 9.17) is 10.5 Å². The van der Waals surface area contributed by atoms with Crippen LogP contribution in [0.1, 0.15) is 25.3 Å². The Morgan fingerprint density at radius 1 is 1.61 bits per heavy atom. The number of benzene rings is 1. The molecule has 1 heterocycles. The van der Waals surface area contributed by atoms with Crippen LogP contribution in [0.2, 0.25) is 0 Å². The van der Waals surface area contributed by atoms with Crippen molar-refractivity contribution in [3.05, 3.63) is 29.8 Å². The second-order valence-electron chi connectivity index (χ2n) is 4.83. The highest BCUT2D eigenvalue weighted by Crippen LogP contribution is 2.15. The highest BCUT2D eigenvalue weighted by atomic mass is 16.5. The van der Waals surface area contributed by atoms with Gasteiger partial charge in [0, 0.05) is 12.3 Å². The minimum absolute atomic E-state index is 0.0172. The van der Waals surface area contributed by atoms with Crippen molar-refractivity contribution in [2.75, 3.05) is 12.3 Å². The summed E-state index contributed by atoms with van der Waals surface area (Å²) in [6, 6.07) is 7.49. The molecular formula is C14H20N2O2. The molecular weight excluding hydrogens is 228 g/mol. The van der Waals surface area contributed by atoms with Gasteiger partial charge in [0.2, 0.25) is 5.91 Å². The van der Waals surface area contributed by atoms with Gasteiger partial charge in [-0.05, 0) is 37.5 Å². The molecule has 4 heteroatoms. The Labute approximate surface area is 108 Å². The molecule has 4 nitrogen and oxygen atoms in total. The number of hydrogen-bond acceptors (Lipinski definition) is 3. The number of nitrogens with two attached hydrogens (primary N) is 1. The lowest BCUT2D eigenvalue weighted by molar-refractivity contribution is -0.121. The van der Waals surface area contributed by atoms with Gasteiger partial charge in [-0.15, -0.1) is 0 Å². The number of nitrogen functional groups attached to an aromatic ring is 1.